The number of benzene rings is 1. The van der Waals surface area contributed by atoms with Crippen LogP contribution in [0.2, 0.25) is 0 Å². The molecule has 3 rings (SSSR count). The highest BCUT2D eigenvalue weighted by atomic mass is 32.1. The molecule has 0 saturated heterocycles. The lowest BCUT2D eigenvalue weighted by molar-refractivity contribution is 0.0848. The second kappa shape index (κ2) is 6.53. The summed E-state index contributed by atoms with van der Waals surface area (Å²) in [5, 5.41) is 3.65. The summed E-state index contributed by atoms with van der Waals surface area (Å²) in [5.41, 5.74) is 1.30. The third-order valence-electron chi connectivity index (χ3n) is 4.01. The van der Waals surface area contributed by atoms with E-state index in [0.717, 1.165) is 6.54 Å². The van der Waals surface area contributed by atoms with E-state index in [1.807, 2.05) is 18.4 Å². The Morgan fingerprint density at radius 1 is 1.15 bits per heavy atom. The lowest BCUT2D eigenvalue weighted by Gasteiger charge is -2.19. The summed E-state index contributed by atoms with van der Waals surface area (Å²) in [4.78, 5) is 2.74. The Morgan fingerprint density at radius 2 is 2.00 bits per heavy atom. The maximum Gasteiger partial charge on any atom is 0.0724 e. The van der Waals surface area contributed by atoms with Crippen LogP contribution in [0, 0.1) is 0 Å². The van der Waals surface area contributed by atoms with E-state index in [1.165, 1.54) is 34.6 Å². The van der Waals surface area contributed by atoms with Crippen LogP contribution in [0.5, 0.6) is 0 Å². The number of methoxy groups -OCH3 is 1. The molecule has 0 radical (unpaired) electrons. The zero-order chi connectivity index (χ0) is 13.8. The molecule has 1 aromatic heterocycles. The molecular formula is C17H21NOS. The molecule has 20 heavy (non-hydrogen) atoms. The van der Waals surface area contributed by atoms with E-state index in [9.17, 15) is 0 Å². The first kappa shape index (κ1) is 13.8. The van der Waals surface area contributed by atoms with Crippen molar-refractivity contribution in [3.8, 4) is 10.4 Å². The Kier molecular flexibility index (Phi) is 4.51. The standard InChI is InChI=1S/C17H21NOS/c1-19-16-9-5-8-15(16)18-12-14-10-11-17(20-14)13-6-3-2-4-7-13/h2-4,6-7,10-11,15-16,18H,5,8-9,12H2,1H3. The van der Waals surface area contributed by atoms with Crippen LogP contribution in [0.1, 0.15) is 24.1 Å². The fourth-order valence-electron chi connectivity index (χ4n) is 2.90. The lowest BCUT2D eigenvalue weighted by Crippen LogP contribution is -2.36. The molecule has 3 heteroatoms. The molecule has 1 aliphatic carbocycles. The molecule has 2 unspecified atom stereocenters. The Labute approximate surface area is 124 Å². The molecule has 1 heterocycles. The number of hydrogen-bond donors (Lipinski definition) is 1. The van der Waals surface area contributed by atoms with Crippen molar-refractivity contribution in [2.75, 3.05) is 7.11 Å². The van der Waals surface area contributed by atoms with Crippen LogP contribution in [-0.2, 0) is 11.3 Å². The molecule has 0 spiro atoms. The van der Waals surface area contributed by atoms with Gasteiger partial charge in [-0.3, -0.25) is 0 Å². The van der Waals surface area contributed by atoms with Gasteiger partial charge in [0.15, 0.2) is 0 Å². The summed E-state index contributed by atoms with van der Waals surface area (Å²) < 4.78 is 5.53. The van der Waals surface area contributed by atoms with Crippen LogP contribution in [-0.4, -0.2) is 19.3 Å². The van der Waals surface area contributed by atoms with E-state index < -0.39 is 0 Å². The Bertz CT molecular complexity index is 537. The van der Waals surface area contributed by atoms with Gasteiger partial charge in [0.2, 0.25) is 0 Å². The molecule has 1 aromatic carbocycles. The molecule has 1 saturated carbocycles. The molecule has 2 nitrogen and oxygen atoms in total. The van der Waals surface area contributed by atoms with Gasteiger partial charge in [-0.2, -0.15) is 0 Å². The largest absolute Gasteiger partial charge is 0.380 e. The molecule has 0 aliphatic heterocycles. The van der Waals surface area contributed by atoms with Gasteiger partial charge in [-0.05, 0) is 37.0 Å². The minimum atomic E-state index is 0.392. The third-order valence-corrected chi connectivity index (χ3v) is 5.15. The van der Waals surface area contributed by atoms with Gasteiger partial charge in [0.1, 0.15) is 0 Å². The number of thiophene rings is 1. The Morgan fingerprint density at radius 3 is 2.80 bits per heavy atom. The fraction of sp³-hybridized carbons (Fsp3) is 0.412. The smallest absolute Gasteiger partial charge is 0.0724 e. The number of nitrogens with one attached hydrogen (secondary N) is 1. The lowest BCUT2D eigenvalue weighted by atomic mass is 10.2. The summed E-state index contributed by atoms with van der Waals surface area (Å²) >= 11 is 1.87. The van der Waals surface area contributed by atoms with Crippen molar-refractivity contribution in [2.24, 2.45) is 0 Å². The second-order valence-electron chi connectivity index (χ2n) is 5.32. The predicted octanol–water partition coefficient (Wildman–Crippen LogP) is 4.07. The van der Waals surface area contributed by atoms with Crippen molar-refractivity contribution < 1.29 is 4.74 Å². The normalized spacial score (nSPS) is 22.2. The van der Waals surface area contributed by atoms with Crippen LogP contribution < -0.4 is 5.32 Å². The summed E-state index contributed by atoms with van der Waals surface area (Å²) in [6.07, 6.45) is 4.09. The minimum Gasteiger partial charge on any atom is -0.380 e. The second-order valence-corrected chi connectivity index (χ2v) is 6.49. The molecule has 106 valence electrons. The molecule has 2 atom stereocenters. The van der Waals surface area contributed by atoms with Gasteiger partial charge < -0.3 is 10.1 Å². The van der Waals surface area contributed by atoms with E-state index in [1.54, 1.807) is 0 Å². The highest BCUT2D eigenvalue weighted by molar-refractivity contribution is 7.15. The first-order chi connectivity index (χ1) is 9.86. The molecule has 0 bridgehead atoms. The zero-order valence-corrected chi connectivity index (χ0v) is 12.7. The fourth-order valence-corrected chi connectivity index (χ4v) is 3.87. The van der Waals surface area contributed by atoms with Gasteiger partial charge in [0, 0.05) is 29.5 Å². The molecule has 0 amide bonds. The topological polar surface area (TPSA) is 21.3 Å². The highest BCUT2D eigenvalue weighted by Gasteiger charge is 2.26. The average Bonchev–Trinajstić information content (AvgIpc) is 3.15. The van der Waals surface area contributed by atoms with Gasteiger partial charge in [-0.25, -0.2) is 0 Å². The van der Waals surface area contributed by atoms with Crippen LogP contribution in [0.3, 0.4) is 0 Å². The van der Waals surface area contributed by atoms with Gasteiger partial charge in [0.25, 0.3) is 0 Å². The van der Waals surface area contributed by atoms with E-state index in [2.05, 4.69) is 47.8 Å². The molecule has 1 N–H and O–H groups in total. The third kappa shape index (κ3) is 3.11. The quantitative estimate of drug-likeness (QED) is 0.895. The first-order valence-corrected chi connectivity index (χ1v) is 8.09. The monoisotopic (exact) mass is 287 g/mol. The van der Waals surface area contributed by atoms with Crippen molar-refractivity contribution in [3.05, 3.63) is 47.3 Å². The van der Waals surface area contributed by atoms with Crippen molar-refractivity contribution in [3.63, 3.8) is 0 Å². The van der Waals surface area contributed by atoms with E-state index in [0.29, 0.717) is 12.1 Å². The molecule has 2 aromatic rings. The van der Waals surface area contributed by atoms with Crippen LogP contribution in [0.15, 0.2) is 42.5 Å². The predicted molar refractivity (Wildman–Crippen MR) is 85.0 cm³/mol. The van der Waals surface area contributed by atoms with E-state index >= 15 is 0 Å². The Balaban J connectivity index is 1.60. The van der Waals surface area contributed by atoms with Crippen molar-refractivity contribution >= 4 is 11.3 Å². The SMILES string of the molecule is COC1CCCC1NCc1ccc(-c2ccccc2)s1. The maximum absolute atomic E-state index is 5.53. The molecule has 1 aliphatic rings. The van der Waals surface area contributed by atoms with Gasteiger partial charge in [-0.1, -0.05) is 30.3 Å². The number of hydrogen-bond acceptors (Lipinski definition) is 3. The summed E-state index contributed by atoms with van der Waals surface area (Å²) in [6, 6.07) is 15.5. The summed E-state index contributed by atoms with van der Waals surface area (Å²) in [7, 11) is 1.82. The summed E-state index contributed by atoms with van der Waals surface area (Å²) in [5.74, 6) is 0. The number of rotatable bonds is 5. The van der Waals surface area contributed by atoms with Gasteiger partial charge >= 0.3 is 0 Å². The minimum absolute atomic E-state index is 0.392. The van der Waals surface area contributed by atoms with Crippen molar-refractivity contribution in [1.82, 2.24) is 5.32 Å². The van der Waals surface area contributed by atoms with Crippen LogP contribution >= 0.6 is 11.3 Å². The maximum atomic E-state index is 5.53. The van der Waals surface area contributed by atoms with Crippen molar-refractivity contribution in [2.45, 2.75) is 38.0 Å². The van der Waals surface area contributed by atoms with Crippen LogP contribution in [0.25, 0.3) is 10.4 Å². The zero-order valence-electron chi connectivity index (χ0n) is 11.8. The first-order valence-electron chi connectivity index (χ1n) is 7.27. The highest BCUT2D eigenvalue weighted by Crippen LogP contribution is 2.28. The molecular weight excluding hydrogens is 266 g/mol. The van der Waals surface area contributed by atoms with Crippen molar-refractivity contribution in [1.29, 1.82) is 0 Å². The molecule has 1 fully saturated rings. The Hall–Kier alpha value is -1.16. The van der Waals surface area contributed by atoms with Gasteiger partial charge in [-0.15, -0.1) is 11.3 Å². The number of ether oxygens (including phenoxy) is 1. The summed E-state index contributed by atoms with van der Waals surface area (Å²) in [6.45, 7) is 0.946. The van der Waals surface area contributed by atoms with Crippen LogP contribution in [0.4, 0.5) is 0 Å². The van der Waals surface area contributed by atoms with E-state index in [4.69, 9.17) is 4.74 Å². The van der Waals surface area contributed by atoms with Gasteiger partial charge in [0.05, 0.1) is 6.10 Å². The average molecular weight is 287 g/mol. The van der Waals surface area contributed by atoms with E-state index in [-0.39, 0.29) is 0 Å².